The van der Waals surface area contributed by atoms with Crippen molar-refractivity contribution >= 4 is 11.8 Å². The van der Waals surface area contributed by atoms with E-state index in [2.05, 4.69) is 20.6 Å². The highest BCUT2D eigenvalue weighted by atomic mass is 16.5. The predicted molar refractivity (Wildman–Crippen MR) is 89.2 cm³/mol. The lowest BCUT2D eigenvalue weighted by molar-refractivity contribution is -0.138. The number of aryl methyl sites for hydroxylation is 2. The van der Waals surface area contributed by atoms with Gasteiger partial charge in [-0.25, -0.2) is 0 Å². The Labute approximate surface area is 150 Å². The molecule has 10 nitrogen and oxygen atoms in total. The van der Waals surface area contributed by atoms with Crippen LogP contribution >= 0.6 is 0 Å². The first-order valence-electron chi connectivity index (χ1n) is 8.70. The van der Waals surface area contributed by atoms with E-state index >= 15 is 0 Å². The van der Waals surface area contributed by atoms with E-state index in [0.717, 1.165) is 5.82 Å². The van der Waals surface area contributed by atoms with Gasteiger partial charge in [0.1, 0.15) is 17.6 Å². The number of nitrogens with one attached hydrogen (secondary N) is 1. The molecule has 2 aliphatic heterocycles. The van der Waals surface area contributed by atoms with Crippen molar-refractivity contribution in [2.24, 2.45) is 7.05 Å². The quantitative estimate of drug-likeness (QED) is 0.773. The van der Waals surface area contributed by atoms with Gasteiger partial charge in [0, 0.05) is 32.8 Å². The predicted octanol–water partition coefficient (Wildman–Crippen LogP) is -0.712. The number of morpholine rings is 1. The topological polar surface area (TPSA) is 107 Å². The third-order valence-electron chi connectivity index (χ3n) is 4.75. The van der Waals surface area contributed by atoms with Crippen molar-refractivity contribution in [1.29, 1.82) is 0 Å². The molecule has 0 aromatic carbocycles. The molecule has 2 aliphatic rings. The highest BCUT2D eigenvalue weighted by Gasteiger charge is 2.35. The van der Waals surface area contributed by atoms with E-state index in [1.165, 1.54) is 0 Å². The molecule has 2 aromatic heterocycles. The van der Waals surface area contributed by atoms with Crippen molar-refractivity contribution in [2.75, 3.05) is 26.3 Å². The van der Waals surface area contributed by atoms with Crippen LogP contribution in [0, 0.1) is 0 Å². The van der Waals surface area contributed by atoms with E-state index in [0.29, 0.717) is 50.7 Å². The fourth-order valence-corrected chi connectivity index (χ4v) is 3.42. The molecule has 1 saturated heterocycles. The van der Waals surface area contributed by atoms with Crippen molar-refractivity contribution in [3.8, 4) is 0 Å². The maximum absolute atomic E-state index is 12.9. The van der Waals surface area contributed by atoms with Gasteiger partial charge in [0.05, 0.1) is 19.8 Å². The van der Waals surface area contributed by atoms with Crippen LogP contribution in [0.4, 0.5) is 0 Å². The molecule has 0 saturated carbocycles. The summed E-state index contributed by atoms with van der Waals surface area (Å²) in [5.41, 5.74) is 0.342. The zero-order valence-electron chi connectivity index (χ0n) is 14.6. The van der Waals surface area contributed by atoms with Crippen molar-refractivity contribution in [3.05, 3.63) is 29.6 Å². The molecule has 2 aromatic rings. The van der Waals surface area contributed by atoms with Crippen molar-refractivity contribution in [1.82, 2.24) is 34.8 Å². The van der Waals surface area contributed by atoms with Gasteiger partial charge in [-0.1, -0.05) is 0 Å². The number of hydrogen-bond acceptors (Lipinski definition) is 6. The lowest BCUT2D eigenvalue weighted by atomic mass is 10.2. The molecule has 0 aliphatic carbocycles. The second kappa shape index (κ2) is 6.87. The Balaban J connectivity index is 1.46. The fourth-order valence-electron chi connectivity index (χ4n) is 3.42. The van der Waals surface area contributed by atoms with Crippen LogP contribution in [0.3, 0.4) is 0 Å². The van der Waals surface area contributed by atoms with E-state index in [1.54, 1.807) is 24.0 Å². The first-order valence-corrected chi connectivity index (χ1v) is 8.70. The minimum Gasteiger partial charge on any atom is -0.378 e. The number of fused-ring (bicyclic) bond motifs is 1. The van der Waals surface area contributed by atoms with Gasteiger partial charge in [-0.3, -0.25) is 14.3 Å². The van der Waals surface area contributed by atoms with Crippen LogP contribution in [0.1, 0.15) is 34.6 Å². The van der Waals surface area contributed by atoms with Gasteiger partial charge in [0.15, 0.2) is 5.82 Å². The molecule has 1 atom stereocenters. The number of carbonyl (C=O) groups is 2. The molecule has 4 heterocycles. The minimum absolute atomic E-state index is 0.0733. The average molecular weight is 359 g/mol. The molecule has 4 rings (SSSR count). The highest BCUT2D eigenvalue weighted by molar-refractivity contribution is 5.92. The lowest BCUT2D eigenvalue weighted by Gasteiger charge is -2.29. The zero-order chi connectivity index (χ0) is 18.1. The summed E-state index contributed by atoms with van der Waals surface area (Å²) in [6, 6.07) is 1.34. The molecule has 0 bridgehead atoms. The van der Waals surface area contributed by atoms with Gasteiger partial charge >= 0.3 is 0 Å². The van der Waals surface area contributed by atoms with E-state index in [9.17, 15) is 9.59 Å². The van der Waals surface area contributed by atoms with Crippen LogP contribution < -0.4 is 5.32 Å². The van der Waals surface area contributed by atoms with Gasteiger partial charge in [-0.05, 0) is 12.5 Å². The maximum atomic E-state index is 12.9. The smallest absolute Gasteiger partial charge is 0.272 e. The van der Waals surface area contributed by atoms with E-state index in [-0.39, 0.29) is 24.4 Å². The standard InChI is InChI=1S/C16H21N7O3/c1-21-5-4-11(20-21)15(24)17-10-14-19-18-13-3-2-12(23(13)14)16(25)22-6-8-26-9-7-22/h4-5,12H,2-3,6-10H2,1H3,(H,17,24). The molecule has 1 unspecified atom stereocenters. The van der Waals surface area contributed by atoms with Gasteiger partial charge in [-0.15, -0.1) is 10.2 Å². The van der Waals surface area contributed by atoms with Crippen molar-refractivity contribution < 1.29 is 14.3 Å². The number of hydrogen-bond donors (Lipinski definition) is 1. The largest absolute Gasteiger partial charge is 0.378 e. The maximum Gasteiger partial charge on any atom is 0.272 e. The molecule has 2 amide bonds. The summed E-state index contributed by atoms with van der Waals surface area (Å²) < 4.78 is 8.76. The third-order valence-corrected chi connectivity index (χ3v) is 4.75. The van der Waals surface area contributed by atoms with Crippen LogP contribution in [0.15, 0.2) is 12.3 Å². The lowest BCUT2D eigenvalue weighted by Crippen LogP contribution is -2.44. The number of nitrogens with zero attached hydrogens (tertiary/aromatic N) is 6. The van der Waals surface area contributed by atoms with Gasteiger partial charge < -0.3 is 19.5 Å². The first kappa shape index (κ1) is 16.7. The Hall–Kier alpha value is -2.75. The Morgan fingerprint density at radius 2 is 2.12 bits per heavy atom. The Bertz CT molecular complexity index is 822. The second-order valence-corrected chi connectivity index (χ2v) is 6.45. The highest BCUT2D eigenvalue weighted by Crippen LogP contribution is 2.28. The molecule has 1 fully saturated rings. The molecule has 1 N–H and O–H groups in total. The fraction of sp³-hybridized carbons (Fsp3) is 0.562. The summed E-state index contributed by atoms with van der Waals surface area (Å²) in [5, 5.41) is 15.2. The van der Waals surface area contributed by atoms with E-state index in [1.807, 2.05) is 9.47 Å². The Morgan fingerprint density at radius 3 is 2.85 bits per heavy atom. The monoisotopic (exact) mass is 359 g/mol. The summed E-state index contributed by atoms with van der Waals surface area (Å²) in [5.74, 6) is 1.17. The van der Waals surface area contributed by atoms with Crippen molar-refractivity contribution in [2.45, 2.75) is 25.4 Å². The van der Waals surface area contributed by atoms with E-state index in [4.69, 9.17) is 4.74 Å². The summed E-state index contributed by atoms with van der Waals surface area (Å²) in [4.78, 5) is 26.9. The van der Waals surface area contributed by atoms with Crippen LogP contribution in [0.25, 0.3) is 0 Å². The van der Waals surface area contributed by atoms with Crippen LogP contribution in [-0.2, 0) is 29.5 Å². The average Bonchev–Trinajstić information content (AvgIpc) is 3.36. The molecule has 26 heavy (non-hydrogen) atoms. The summed E-state index contributed by atoms with van der Waals surface area (Å²) >= 11 is 0. The van der Waals surface area contributed by atoms with Gasteiger partial charge in [-0.2, -0.15) is 5.10 Å². The molecular weight excluding hydrogens is 338 g/mol. The van der Waals surface area contributed by atoms with Gasteiger partial charge in [0.25, 0.3) is 5.91 Å². The number of rotatable bonds is 4. The SMILES string of the molecule is Cn1ccc(C(=O)NCc2nnc3n2C(C(=O)N2CCOCC2)CC3)n1. The summed E-state index contributed by atoms with van der Waals surface area (Å²) in [6.07, 6.45) is 3.13. The summed E-state index contributed by atoms with van der Waals surface area (Å²) in [7, 11) is 1.75. The Morgan fingerprint density at radius 1 is 1.31 bits per heavy atom. The molecule has 0 spiro atoms. The van der Waals surface area contributed by atoms with Crippen LogP contribution in [0.2, 0.25) is 0 Å². The Kier molecular flexibility index (Phi) is 4.41. The molecule has 0 radical (unpaired) electrons. The minimum atomic E-state index is -0.306. The summed E-state index contributed by atoms with van der Waals surface area (Å²) in [6.45, 7) is 2.56. The number of aromatic nitrogens is 5. The van der Waals surface area contributed by atoms with Gasteiger partial charge in [0.2, 0.25) is 5.91 Å². The first-order chi connectivity index (χ1) is 12.6. The van der Waals surface area contributed by atoms with E-state index < -0.39 is 0 Å². The molecule has 138 valence electrons. The number of carbonyl (C=O) groups excluding carboxylic acids is 2. The second-order valence-electron chi connectivity index (χ2n) is 6.45. The van der Waals surface area contributed by atoms with Crippen molar-refractivity contribution in [3.63, 3.8) is 0 Å². The number of ether oxygens (including phenoxy) is 1. The normalized spacial score (nSPS) is 19.4. The third kappa shape index (κ3) is 3.07. The number of amides is 2. The zero-order valence-corrected chi connectivity index (χ0v) is 14.6. The molecular formula is C16H21N7O3. The molecule has 10 heteroatoms. The van der Waals surface area contributed by atoms with Crippen LogP contribution in [0.5, 0.6) is 0 Å². The van der Waals surface area contributed by atoms with Crippen LogP contribution in [-0.4, -0.2) is 67.6 Å².